The Morgan fingerprint density at radius 3 is 1.32 bits per heavy atom. The minimum Gasteiger partial charge on any atom is -0.394 e. The summed E-state index contributed by atoms with van der Waals surface area (Å²) in [4.78, 5) is 13.0. The molecule has 0 aromatic rings. The number of carbonyl (C=O) groups excluding carboxylic acids is 1. The van der Waals surface area contributed by atoms with Crippen molar-refractivity contribution in [2.45, 2.75) is 288 Å². The van der Waals surface area contributed by atoms with E-state index in [1.807, 2.05) is 6.08 Å². The molecule has 1 saturated heterocycles. The van der Waals surface area contributed by atoms with Crippen LogP contribution < -0.4 is 5.32 Å². The quantitative estimate of drug-likeness (QED) is 0.0261. The van der Waals surface area contributed by atoms with E-state index in [0.29, 0.717) is 6.42 Å². The maximum Gasteiger partial charge on any atom is 0.220 e. The van der Waals surface area contributed by atoms with Crippen LogP contribution in [-0.2, 0) is 14.3 Å². The molecule has 400 valence electrons. The predicted octanol–water partition coefficient (Wildman–Crippen LogP) is 14.1. The van der Waals surface area contributed by atoms with Gasteiger partial charge in [0.05, 0.1) is 25.4 Å². The highest BCUT2D eigenvalue weighted by Crippen LogP contribution is 2.23. The number of aliphatic hydroxyl groups is 5. The largest absolute Gasteiger partial charge is 0.394 e. The number of unbranched alkanes of at least 4 members (excludes halogenated alkanes) is 28. The van der Waals surface area contributed by atoms with Crippen molar-refractivity contribution in [1.82, 2.24) is 5.32 Å². The summed E-state index contributed by atoms with van der Waals surface area (Å²) in [6, 6.07) is -0.839. The normalized spacial score (nSPS) is 20.0. The van der Waals surface area contributed by atoms with Crippen LogP contribution in [0.1, 0.15) is 245 Å². The van der Waals surface area contributed by atoms with Crippen LogP contribution in [-0.4, -0.2) is 87.5 Å². The molecule has 1 amide bonds. The third-order valence-electron chi connectivity index (χ3n) is 13.3. The molecule has 0 bridgehead atoms. The Hall–Kier alpha value is -2.37. The Morgan fingerprint density at radius 2 is 0.899 bits per heavy atom. The van der Waals surface area contributed by atoms with Crippen molar-refractivity contribution in [2.75, 3.05) is 13.2 Å². The lowest BCUT2D eigenvalue weighted by Crippen LogP contribution is -2.60. The van der Waals surface area contributed by atoms with Gasteiger partial charge in [-0.1, -0.05) is 254 Å². The van der Waals surface area contributed by atoms with Gasteiger partial charge in [0.1, 0.15) is 24.4 Å². The molecular formula is C60H107NO8. The molecule has 0 aliphatic carbocycles. The monoisotopic (exact) mass is 970 g/mol. The Balaban J connectivity index is 2.23. The number of nitrogens with one attached hydrogen (secondary N) is 1. The van der Waals surface area contributed by atoms with E-state index in [9.17, 15) is 30.3 Å². The SMILES string of the molecule is CC/C=C\C/C=C\C/C=C\C/C=C\C/C=C\CCCC(=O)NC(COC1OC(CO)C(O)C(O)C1O)C(O)/C=C/CCCCCCCCCCCCCCCCCCCCCCCCCCCCC. The van der Waals surface area contributed by atoms with Crippen LogP contribution in [0.3, 0.4) is 0 Å². The zero-order valence-corrected chi connectivity index (χ0v) is 44.3. The molecule has 1 heterocycles. The van der Waals surface area contributed by atoms with E-state index in [1.54, 1.807) is 6.08 Å². The number of ether oxygens (including phenoxy) is 2. The van der Waals surface area contributed by atoms with Crippen molar-refractivity contribution in [1.29, 1.82) is 0 Å². The molecule has 0 radical (unpaired) electrons. The first-order valence-corrected chi connectivity index (χ1v) is 28.7. The van der Waals surface area contributed by atoms with E-state index in [1.165, 1.54) is 161 Å². The maximum atomic E-state index is 13.0. The van der Waals surface area contributed by atoms with E-state index in [0.717, 1.165) is 57.8 Å². The van der Waals surface area contributed by atoms with E-state index in [4.69, 9.17) is 9.47 Å². The molecule has 1 aliphatic rings. The lowest BCUT2D eigenvalue weighted by molar-refractivity contribution is -0.302. The van der Waals surface area contributed by atoms with Gasteiger partial charge in [-0.05, 0) is 57.8 Å². The molecule has 1 fully saturated rings. The Labute approximate surface area is 423 Å². The average Bonchev–Trinajstić information content (AvgIpc) is 3.35. The highest BCUT2D eigenvalue weighted by atomic mass is 16.7. The van der Waals surface area contributed by atoms with Gasteiger partial charge >= 0.3 is 0 Å². The van der Waals surface area contributed by atoms with Crippen LogP contribution >= 0.6 is 0 Å². The fraction of sp³-hybridized carbons (Fsp3) is 0.783. The lowest BCUT2D eigenvalue weighted by atomic mass is 9.99. The Kier molecular flexibility index (Phi) is 46.1. The average molecular weight is 971 g/mol. The van der Waals surface area contributed by atoms with Crippen LogP contribution in [0.5, 0.6) is 0 Å². The van der Waals surface area contributed by atoms with Crippen LogP contribution in [0.15, 0.2) is 72.9 Å². The van der Waals surface area contributed by atoms with Gasteiger partial charge < -0.3 is 40.3 Å². The summed E-state index contributed by atoms with van der Waals surface area (Å²) in [6.45, 7) is 3.64. The van der Waals surface area contributed by atoms with Crippen LogP contribution in [0, 0.1) is 0 Å². The zero-order chi connectivity index (χ0) is 50.1. The van der Waals surface area contributed by atoms with Crippen molar-refractivity contribution in [3.63, 3.8) is 0 Å². The molecular weight excluding hydrogens is 863 g/mol. The minimum absolute atomic E-state index is 0.214. The zero-order valence-electron chi connectivity index (χ0n) is 44.3. The summed E-state index contributed by atoms with van der Waals surface area (Å²) in [5.74, 6) is -0.234. The van der Waals surface area contributed by atoms with Gasteiger partial charge in [-0.25, -0.2) is 0 Å². The molecule has 7 unspecified atom stereocenters. The van der Waals surface area contributed by atoms with E-state index >= 15 is 0 Å². The van der Waals surface area contributed by atoms with Gasteiger partial charge in [-0.2, -0.15) is 0 Å². The van der Waals surface area contributed by atoms with Crippen LogP contribution in [0.4, 0.5) is 0 Å². The number of carbonyl (C=O) groups is 1. The van der Waals surface area contributed by atoms with Gasteiger partial charge in [0.25, 0.3) is 0 Å². The third-order valence-corrected chi connectivity index (χ3v) is 13.3. The van der Waals surface area contributed by atoms with E-state index in [-0.39, 0.29) is 18.9 Å². The summed E-state index contributed by atoms with van der Waals surface area (Å²) in [5, 5.41) is 54.4. The Morgan fingerprint density at radius 1 is 0.507 bits per heavy atom. The first kappa shape index (κ1) is 64.6. The van der Waals surface area contributed by atoms with Crippen LogP contribution in [0.25, 0.3) is 0 Å². The molecule has 9 heteroatoms. The van der Waals surface area contributed by atoms with Crippen molar-refractivity contribution in [3.05, 3.63) is 72.9 Å². The van der Waals surface area contributed by atoms with Gasteiger partial charge in [0, 0.05) is 6.42 Å². The molecule has 7 atom stereocenters. The molecule has 0 spiro atoms. The van der Waals surface area contributed by atoms with Crippen molar-refractivity contribution in [3.8, 4) is 0 Å². The van der Waals surface area contributed by atoms with E-state index < -0.39 is 49.5 Å². The topological polar surface area (TPSA) is 149 Å². The third kappa shape index (κ3) is 38.9. The first-order chi connectivity index (χ1) is 33.8. The smallest absolute Gasteiger partial charge is 0.220 e. The lowest BCUT2D eigenvalue weighted by Gasteiger charge is -2.40. The van der Waals surface area contributed by atoms with Crippen molar-refractivity contribution in [2.24, 2.45) is 0 Å². The second-order valence-electron chi connectivity index (χ2n) is 19.7. The number of aliphatic hydroxyl groups excluding tert-OH is 5. The second-order valence-corrected chi connectivity index (χ2v) is 19.7. The molecule has 6 N–H and O–H groups in total. The van der Waals surface area contributed by atoms with Gasteiger partial charge in [-0.3, -0.25) is 4.79 Å². The highest BCUT2D eigenvalue weighted by Gasteiger charge is 2.44. The predicted molar refractivity (Wildman–Crippen MR) is 290 cm³/mol. The number of amides is 1. The van der Waals surface area contributed by atoms with Gasteiger partial charge in [-0.15, -0.1) is 0 Å². The van der Waals surface area contributed by atoms with Crippen LogP contribution in [0.2, 0.25) is 0 Å². The number of hydrogen-bond acceptors (Lipinski definition) is 8. The molecule has 1 aliphatic heterocycles. The molecule has 69 heavy (non-hydrogen) atoms. The Bertz CT molecular complexity index is 1310. The fourth-order valence-corrected chi connectivity index (χ4v) is 8.78. The van der Waals surface area contributed by atoms with E-state index in [2.05, 4.69) is 79.9 Å². The summed E-state index contributed by atoms with van der Waals surface area (Å²) >= 11 is 0. The van der Waals surface area contributed by atoms with Gasteiger partial charge in [0.15, 0.2) is 6.29 Å². The van der Waals surface area contributed by atoms with Gasteiger partial charge in [0.2, 0.25) is 5.91 Å². The fourth-order valence-electron chi connectivity index (χ4n) is 8.78. The molecule has 0 saturated carbocycles. The molecule has 0 aromatic heterocycles. The summed E-state index contributed by atoms with van der Waals surface area (Å²) in [6.07, 6.45) is 61.3. The first-order valence-electron chi connectivity index (χ1n) is 28.7. The van der Waals surface area contributed by atoms with Crippen molar-refractivity contribution < 1.29 is 39.8 Å². The standard InChI is InChI=1S/C60H107NO8/c1-3-5-7-9-11-13-15-17-19-21-22-23-24-25-26-27-28-29-30-31-32-34-35-37-39-41-43-45-47-49-54(63)53(52-68-60-59(67)58(66)57(65)55(51-62)69-60)61-56(64)50-48-46-44-42-40-38-36-33-20-18-16-14-12-10-8-6-4-2/h6,8,12,14,18,20,36,38,42,44,47,49,53-55,57-60,62-63,65-67H,3-5,7,9-11,13,15-17,19,21-35,37,39-41,43,45-46,48,50-52H2,1-2H3,(H,61,64)/b8-6-,14-12-,20-18-,38-36-,44-42-,49-47+. The highest BCUT2D eigenvalue weighted by molar-refractivity contribution is 5.76. The second kappa shape index (κ2) is 49.2. The number of allylic oxidation sites excluding steroid dienone is 11. The number of rotatable bonds is 48. The number of hydrogen-bond donors (Lipinski definition) is 6. The maximum absolute atomic E-state index is 13.0. The molecule has 1 rings (SSSR count). The minimum atomic E-state index is -1.58. The summed E-state index contributed by atoms with van der Waals surface area (Å²) in [7, 11) is 0. The molecule has 9 nitrogen and oxygen atoms in total. The summed E-state index contributed by atoms with van der Waals surface area (Å²) < 4.78 is 11.2. The summed E-state index contributed by atoms with van der Waals surface area (Å²) in [5.41, 5.74) is 0. The van der Waals surface area contributed by atoms with Crippen molar-refractivity contribution >= 4 is 5.91 Å². The molecule has 0 aromatic carbocycles.